The molecule has 2 fully saturated rings. The van der Waals surface area contributed by atoms with E-state index in [1.54, 1.807) is 11.8 Å². The maximum atomic E-state index is 6.30. The summed E-state index contributed by atoms with van der Waals surface area (Å²) < 4.78 is 18.4. The molecule has 0 unspecified atom stereocenters. The second-order valence-electron chi connectivity index (χ2n) is 6.81. The van der Waals surface area contributed by atoms with Gasteiger partial charge in [-0.3, -0.25) is 0 Å². The molecule has 0 radical (unpaired) electrons. The van der Waals surface area contributed by atoms with Gasteiger partial charge in [-0.05, 0) is 43.5 Å². The highest BCUT2D eigenvalue weighted by atomic mass is 32.2. The third kappa shape index (κ3) is 3.19. The van der Waals surface area contributed by atoms with Crippen LogP contribution in [0.25, 0.3) is 0 Å². The Balaban J connectivity index is 1.59. The van der Waals surface area contributed by atoms with Gasteiger partial charge in [-0.1, -0.05) is 36.0 Å². The Hall–Kier alpha value is -1.49. The number of ether oxygens (including phenoxy) is 2. The second-order valence-corrected chi connectivity index (χ2v) is 7.89. The van der Waals surface area contributed by atoms with Gasteiger partial charge in [0.05, 0.1) is 13.2 Å². The average molecular weight is 356 g/mol. The fourth-order valence-electron chi connectivity index (χ4n) is 4.21. The van der Waals surface area contributed by atoms with Crippen LogP contribution in [-0.4, -0.2) is 19.0 Å². The van der Waals surface area contributed by atoms with E-state index >= 15 is 0 Å². The summed E-state index contributed by atoms with van der Waals surface area (Å²) in [7, 11) is 0. The van der Waals surface area contributed by atoms with Crippen molar-refractivity contribution in [3.63, 3.8) is 0 Å². The van der Waals surface area contributed by atoms with E-state index in [0.717, 1.165) is 30.1 Å². The Morgan fingerprint density at radius 1 is 1.24 bits per heavy atom. The van der Waals surface area contributed by atoms with Gasteiger partial charge in [-0.2, -0.15) is 0 Å². The average Bonchev–Trinajstić information content (AvgIpc) is 3.31. The van der Waals surface area contributed by atoms with Gasteiger partial charge in [-0.25, -0.2) is 0 Å². The van der Waals surface area contributed by atoms with Crippen molar-refractivity contribution in [1.82, 2.24) is 0 Å². The van der Waals surface area contributed by atoms with E-state index in [2.05, 4.69) is 43.8 Å². The van der Waals surface area contributed by atoms with Gasteiger partial charge in [0.1, 0.15) is 5.76 Å². The lowest BCUT2D eigenvalue weighted by Gasteiger charge is -2.31. The topological polar surface area (TPSA) is 31.6 Å². The molecule has 2 heterocycles. The summed E-state index contributed by atoms with van der Waals surface area (Å²) in [4.78, 5) is 1.19. The van der Waals surface area contributed by atoms with Crippen molar-refractivity contribution in [2.75, 3.05) is 13.2 Å². The third-order valence-corrected chi connectivity index (χ3v) is 6.19. The highest BCUT2D eigenvalue weighted by molar-refractivity contribution is 7.99. The Morgan fingerprint density at radius 3 is 2.72 bits per heavy atom. The number of aryl methyl sites for hydroxylation is 1. The zero-order valence-electron chi connectivity index (χ0n) is 14.6. The van der Waals surface area contributed by atoms with Crippen molar-refractivity contribution in [3.8, 4) is 0 Å². The summed E-state index contributed by atoms with van der Waals surface area (Å²) in [5.41, 5.74) is 1.22. The predicted octanol–water partition coefficient (Wildman–Crippen LogP) is 5.55. The Morgan fingerprint density at radius 2 is 2.00 bits per heavy atom. The van der Waals surface area contributed by atoms with Gasteiger partial charge < -0.3 is 13.9 Å². The molecule has 1 saturated carbocycles. The second kappa shape index (κ2) is 7.02. The van der Waals surface area contributed by atoms with Crippen LogP contribution in [-0.2, 0) is 9.47 Å². The SMILES string of the molecule is C=CC[C@H]1[C@H](c2oc(Sc3ccccc3)cc2C)CCC12OCCO2. The molecule has 3 nitrogen and oxygen atoms in total. The van der Waals surface area contributed by atoms with E-state index in [-0.39, 0.29) is 5.92 Å². The summed E-state index contributed by atoms with van der Waals surface area (Å²) in [6, 6.07) is 12.5. The molecule has 1 aromatic heterocycles. The van der Waals surface area contributed by atoms with Crippen molar-refractivity contribution in [3.05, 3.63) is 60.4 Å². The van der Waals surface area contributed by atoms with Gasteiger partial charge in [0.15, 0.2) is 10.9 Å². The molecule has 1 saturated heterocycles. The van der Waals surface area contributed by atoms with Crippen LogP contribution in [0.2, 0.25) is 0 Å². The number of hydrogen-bond donors (Lipinski definition) is 0. The van der Waals surface area contributed by atoms with Crippen molar-refractivity contribution >= 4 is 11.8 Å². The molecule has 1 aromatic carbocycles. The van der Waals surface area contributed by atoms with Gasteiger partial charge in [-0.15, -0.1) is 6.58 Å². The van der Waals surface area contributed by atoms with E-state index < -0.39 is 5.79 Å². The quantitative estimate of drug-likeness (QED) is 0.657. The van der Waals surface area contributed by atoms with E-state index in [1.165, 1.54) is 10.5 Å². The van der Waals surface area contributed by atoms with Crippen LogP contribution in [0.3, 0.4) is 0 Å². The van der Waals surface area contributed by atoms with Crippen molar-refractivity contribution in [1.29, 1.82) is 0 Å². The lowest BCUT2D eigenvalue weighted by Crippen LogP contribution is -2.36. The highest BCUT2D eigenvalue weighted by Gasteiger charge is 2.53. The van der Waals surface area contributed by atoms with Crippen LogP contribution in [0.4, 0.5) is 0 Å². The Bertz CT molecular complexity index is 731. The van der Waals surface area contributed by atoms with Crippen LogP contribution < -0.4 is 0 Å². The molecule has 1 aliphatic heterocycles. The van der Waals surface area contributed by atoms with Gasteiger partial charge in [0.25, 0.3) is 0 Å². The number of allylic oxidation sites excluding steroid dienone is 1. The molecule has 2 aromatic rings. The molecule has 0 N–H and O–H groups in total. The summed E-state index contributed by atoms with van der Waals surface area (Å²) >= 11 is 1.67. The number of benzene rings is 1. The van der Waals surface area contributed by atoms with Crippen LogP contribution in [0.15, 0.2) is 63.5 Å². The fourth-order valence-corrected chi connectivity index (χ4v) is 5.10. The predicted molar refractivity (Wildman–Crippen MR) is 98.9 cm³/mol. The van der Waals surface area contributed by atoms with E-state index in [1.807, 2.05) is 12.1 Å². The molecule has 132 valence electrons. The summed E-state index contributed by atoms with van der Waals surface area (Å²) in [5.74, 6) is 1.24. The van der Waals surface area contributed by atoms with Crippen molar-refractivity contribution < 1.29 is 13.9 Å². The number of hydrogen-bond acceptors (Lipinski definition) is 4. The zero-order valence-corrected chi connectivity index (χ0v) is 15.4. The van der Waals surface area contributed by atoms with Crippen LogP contribution in [0.5, 0.6) is 0 Å². The van der Waals surface area contributed by atoms with Crippen LogP contribution in [0, 0.1) is 12.8 Å². The van der Waals surface area contributed by atoms with Gasteiger partial charge >= 0.3 is 0 Å². The number of furan rings is 1. The first-order chi connectivity index (χ1) is 12.2. The minimum Gasteiger partial charge on any atom is -0.454 e. The maximum Gasteiger partial charge on any atom is 0.172 e. The fraction of sp³-hybridized carbons (Fsp3) is 0.429. The molecule has 4 rings (SSSR count). The lowest BCUT2D eigenvalue weighted by atomic mass is 9.86. The Labute approximate surface area is 153 Å². The monoisotopic (exact) mass is 356 g/mol. The molecule has 25 heavy (non-hydrogen) atoms. The van der Waals surface area contributed by atoms with Crippen LogP contribution >= 0.6 is 11.8 Å². The summed E-state index contributed by atoms with van der Waals surface area (Å²) in [6.07, 6.45) is 4.82. The lowest BCUT2D eigenvalue weighted by molar-refractivity contribution is -0.182. The van der Waals surface area contributed by atoms with E-state index in [4.69, 9.17) is 13.9 Å². The third-order valence-electron chi connectivity index (χ3n) is 5.28. The smallest absolute Gasteiger partial charge is 0.172 e. The van der Waals surface area contributed by atoms with Crippen molar-refractivity contribution in [2.45, 2.75) is 47.9 Å². The standard InChI is InChI=1S/C21H24O3S/c1-3-7-18-17(10-11-21(18)22-12-13-23-21)20-15(2)14-19(24-20)25-16-8-5-4-6-9-16/h3-6,8-9,14,17-18H,1,7,10-13H2,2H3/t17-,18+/m1/s1. The summed E-state index contributed by atoms with van der Waals surface area (Å²) in [6.45, 7) is 7.46. The van der Waals surface area contributed by atoms with E-state index in [9.17, 15) is 0 Å². The largest absolute Gasteiger partial charge is 0.454 e. The normalized spacial score (nSPS) is 24.8. The zero-order chi connectivity index (χ0) is 17.3. The molecule has 0 amide bonds. The first-order valence-corrected chi connectivity index (χ1v) is 9.75. The molecule has 2 aliphatic rings. The van der Waals surface area contributed by atoms with Crippen molar-refractivity contribution in [2.24, 2.45) is 5.92 Å². The number of rotatable bonds is 5. The molecule has 1 spiro atoms. The minimum atomic E-state index is -0.440. The first kappa shape index (κ1) is 17.0. The van der Waals surface area contributed by atoms with E-state index in [0.29, 0.717) is 19.1 Å². The molecular weight excluding hydrogens is 332 g/mol. The van der Waals surface area contributed by atoms with Gasteiger partial charge in [0, 0.05) is 23.2 Å². The summed E-state index contributed by atoms with van der Waals surface area (Å²) in [5, 5.41) is 0.949. The minimum absolute atomic E-state index is 0.270. The molecule has 4 heteroatoms. The Kier molecular flexibility index (Phi) is 4.76. The molecule has 1 aliphatic carbocycles. The molecular formula is C21H24O3S. The molecule has 2 atom stereocenters. The van der Waals surface area contributed by atoms with Gasteiger partial charge in [0.2, 0.25) is 0 Å². The maximum absolute atomic E-state index is 6.30. The first-order valence-electron chi connectivity index (χ1n) is 8.94. The molecule has 0 bridgehead atoms. The van der Waals surface area contributed by atoms with Crippen LogP contribution in [0.1, 0.15) is 36.5 Å². The highest BCUT2D eigenvalue weighted by Crippen LogP contribution is 2.53.